The van der Waals surface area contributed by atoms with Gasteiger partial charge in [-0.2, -0.15) is 5.26 Å². The summed E-state index contributed by atoms with van der Waals surface area (Å²) in [5.74, 6) is 0.648. The molecule has 1 amide bonds. The molecule has 0 saturated carbocycles. The Morgan fingerprint density at radius 2 is 2.14 bits per heavy atom. The number of carbonyl (C=O) groups excluding carboxylic acids is 1. The van der Waals surface area contributed by atoms with E-state index in [0.29, 0.717) is 15.6 Å². The Balaban J connectivity index is 1.88. The van der Waals surface area contributed by atoms with Crippen molar-refractivity contribution in [3.05, 3.63) is 51.9 Å². The molecular weight excluding hydrogens is 324 g/mol. The number of benzene rings is 1. The van der Waals surface area contributed by atoms with Crippen LogP contribution in [0.1, 0.15) is 18.1 Å². The first-order chi connectivity index (χ1) is 10.1. The smallest absolute Gasteiger partial charge is 0.237 e. The topological polar surface area (TPSA) is 52.9 Å². The number of nitrogens with zero attached hydrogens (tertiary/aromatic N) is 1. The quantitative estimate of drug-likeness (QED) is 0.872. The summed E-state index contributed by atoms with van der Waals surface area (Å²) in [5, 5.41) is 14.6. The third-order valence-electron chi connectivity index (χ3n) is 2.80. The van der Waals surface area contributed by atoms with E-state index in [0.717, 1.165) is 11.3 Å². The highest BCUT2D eigenvalue weighted by molar-refractivity contribution is 7.99. The van der Waals surface area contributed by atoms with E-state index in [1.807, 2.05) is 31.2 Å². The fourth-order valence-corrected chi connectivity index (χ4v) is 3.30. The molecule has 1 atom stereocenters. The minimum Gasteiger partial charge on any atom is -0.316 e. The number of thiophene rings is 1. The average molecular weight is 337 g/mol. The fourth-order valence-electron chi connectivity index (χ4n) is 1.59. The first-order valence-electron chi connectivity index (χ1n) is 6.24. The van der Waals surface area contributed by atoms with Crippen molar-refractivity contribution >= 4 is 45.6 Å². The molecule has 2 rings (SSSR count). The second kappa shape index (κ2) is 7.51. The van der Waals surface area contributed by atoms with Crippen LogP contribution >= 0.6 is 34.7 Å². The van der Waals surface area contributed by atoms with Gasteiger partial charge in [0.25, 0.3) is 0 Å². The maximum absolute atomic E-state index is 12.1. The zero-order chi connectivity index (χ0) is 15.2. The monoisotopic (exact) mass is 336 g/mol. The van der Waals surface area contributed by atoms with Gasteiger partial charge in [-0.05, 0) is 36.1 Å². The lowest BCUT2D eigenvalue weighted by Gasteiger charge is -2.11. The Bertz CT molecular complexity index is 661. The van der Waals surface area contributed by atoms with E-state index in [1.54, 1.807) is 23.2 Å². The normalized spacial score (nSPS) is 11.7. The van der Waals surface area contributed by atoms with Gasteiger partial charge in [0.1, 0.15) is 11.1 Å². The van der Waals surface area contributed by atoms with Gasteiger partial charge in [0.2, 0.25) is 5.91 Å². The fraction of sp³-hybridized carbons (Fsp3) is 0.200. The van der Waals surface area contributed by atoms with Crippen LogP contribution in [0, 0.1) is 11.3 Å². The third kappa shape index (κ3) is 4.50. The first-order valence-corrected chi connectivity index (χ1v) is 8.55. The van der Waals surface area contributed by atoms with Gasteiger partial charge in [0, 0.05) is 10.8 Å². The molecule has 0 fully saturated rings. The molecule has 1 aromatic carbocycles. The molecule has 0 unspecified atom stereocenters. The molecule has 0 aliphatic heterocycles. The van der Waals surface area contributed by atoms with E-state index >= 15 is 0 Å². The Labute approximate surface area is 136 Å². The summed E-state index contributed by atoms with van der Waals surface area (Å²) in [6.45, 7) is 1.86. The number of halogens is 1. The second-order valence-electron chi connectivity index (χ2n) is 4.34. The number of nitriles is 1. The number of rotatable bonds is 5. The van der Waals surface area contributed by atoms with E-state index in [-0.39, 0.29) is 11.2 Å². The van der Waals surface area contributed by atoms with Crippen LogP contribution in [0.15, 0.2) is 35.7 Å². The Morgan fingerprint density at radius 3 is 2.81 bits per heavy atom. The Morgan fingerprint density at radius 1 is 1.43 bits per heavy atom. The molecule has 0 spiro atoms. The van der Waals surface area contributed by atoms with Gasteiger partial charge in [0.15, 0.2) is 0 Å². The lowest BCUT2D eigenvalue weighted by Crippen LogP contribution is -2.22. The van der Waals surface area contributed by atoms with E-state index < -0.39 is 0 Å². The number of thioether (sulfide) groups is 1. The Hall–Kier alpha value is -1.48. The summed E-state index contributed by atoms with van der Waals surface area (Å²) in [6.07, 6.45) is 0. The number of carbonyl (C=O) groups is 1. The molecule has 0 saturated heterocycles. The molecule has 1 aromatic heterocycles. The van der Waals surface area contributed by atoms with Gasteiger partial charge in [0.05, 0.1) is 10.8 Å². The maximum atomic E-state index is 12.1. The number of amides is 1. The van der Waals surface area contributed by atoms with Crippen molar-refractivity contribution in [3.8, 4) is 6.07 Å². The molecule has 2 aromatic rings. The zero-order valence-electron chi connectivity index (χ0n) is 11.3. The summed E-state index contributed by atoms with van der Waals surface area (Å²) in [5.41, 5.74) is 1.63. The molecule has 0 aliphatic rings. The highest BCUT2D eigenvalue weighted by Gasteiger charge is 2.15. The van der Waals surface area contributed by atoms with Crippen LogP contribution in [0.3, 0.4) is 0 Å². The Kier molecular flexibility index (Phi) is 5.68. The number of hydrogen-bond donors (Lipinski definition) is 1. The predicted octanol–water partition coefficient (Wildman–Crippen LogP) is 4.53. The van der Waals surface area contributed by atoms with Crippen molar-refractivity contribution in [2.75, 3.05) is 5.32 Å². The molecule has 0 aliphatic carbocycles. The van der Waals surface area contributed by atoms with Crippen molar-refractivity contribution in [2.24, 2.45) is 0 Å². The predicted molar refractivity (Wildman–Crippen MR) is 89.9 cm³/mol. The summed E-state index contributed by atoms with van der Waals surface area (Å²) < 4.78 is 0. The molecule has 1 N–H and O–H groups in total. The van der Waals surface area contributed by atoms with E-state index in [2.05, 4.69) is 11.4 Å². The molecule has 108 valence electrons. The van der Waals surface area contributed by atoms with Crippen LogP contribution in [0.4, 0.5) is 5.00 Å². The SMILES string of the molecule is C[C@@H](SCc1ccc(Cl)cc1)C(=O)Nc1sccc1C#N. The summed E-state index contributed by atoms with van der Waals surface area (Å²) >= 11 is 8.74. The van der Waals surface area contributed by atoms with Crippen molar-refractivity contribution in [3.63, 3.8) is 0 Å². The average Bonchev–Trinajstić information content (AvgIpc) is 2.93. The maximum Gasteiger partial charge on any atom is 0.237 e. The molecule has 1 heterocycles. The van der Waals surface area contributed by atoms with Crippen LogP contribution in [0.2, 0.25) is 5.02 Å². The molecule has 3 nitrogen and oxygen atoms in total. The molecule has 21 heavy (non-hydrogen) atoms. The summed E-state index contributed by atoms with van der Waals surface area (Å²) in [7, 11) is 0. The van der Waals surface area contributed by atoms with Crippen molar-refractivity contribution in [2.45, 2.75) is 17.9 Å². The molecule has 0 bridgehead atoms. The van der Waals surface area contributed by atoms with Gasteiger partial charge in [-0.25, -0.2) is 0 Å². The molecule has 6 heteroatoms. The van der Waals surface area contributed by atoms with Crippen LogP contribution in [0.25, 0.3) is 0 Å². The van der Waals surface area contributed by atoms with Crippen molar-refractivity contribution < 1.29 is 4.79 Å². The zero-order valence-corrected chi connectivity index (χ0v) is 13.7. The second-order valence-corrected chi connectivity index (χ2v) is 7.03. The van der Waals surface area contributed by atoms with Crippen LogP contribution in [0.5, 0.6) is 0 Å². The lowest BCUT2D eigenvalue weighted by molar-refractivity contribution is -0.115. The minimum atomic E-state index is -0.200. The highest BCUT2D eigenvalue weighted by atomic mass is 35.5. The summed E-state index contributed by atoms with van der Waals surface area (Å²) in [4.78, 5) is 12.1. The number of hydrogen-bond acceptors (Lipinski definition) is 4. The van der Waals surface area contributed by atoms with Gasteiger partial charge in [-0.3, -0.25) is 4.79 Å². The van der Waals surface area contributed by atoms with E-state index in [4.69, 9.17) is 16.9 Å². The summed E-state index contributed by atoms with van der Waals surface area (Å²) in [6, 6.07) is 11.3. The number of nitrogens with one attached hydrogen (secondary N) is 1. The van der Waals surface area contributed by atoms with Gasteiger partial charge >= 0.3 is 0 Å². The number of anilines is 1. The largest absolute Gasteiger partial charge is 0.316 e. The lowest BCUT2D eigenvalue weighted by atomic mass is 10.2. The first kappa shape index (κ1) is 15.9. The van der Waals surface area contributed by atoms with Crippen LogP contribution < -0.4 is 5.32 Å². The standard InChI is InChI=1S/C15H13ClN2OS2/c1-10(21-9-11-2-4-13(16)5-3-11)14(19)18-15-12(8-17)6-7-20-15/h2-7,10H,9H2,1H3,(H,18,19)/t10-/m1/s1. The minimum absolute atomic E-state index is 0.0899. The van der Waals surface area contributed by atoms with E-state index in [1.165, 1.54) is 11.3 Å². The van der Waals surface area contributed by atoms with Crippen molar-refractivity contribution in [1.29, 1.82) is 5.26 Å². The third-order valence-corrected chi connectivity index (χ3v) is 5.10. The van der Waals surface area contributed by atoms with Gasteiger partial charge < -0.3 is 5.32 Å². The highest BCUT2D eigenvalue weighted by Crippen LogP contribution is 2.25. The molecular formula is C15H13ClN2OS2. The van der Waals surface area contributed by atoms with Gasteiger partial charge in [-0.15, -0.1) is 23.1 Å². The van der Waals surface area contributed by atoms with Gasteiger partial charge in [-0.1, -0.05) is 23.7 Å². The van der Waals surface area contributed by atoms with Crippen LogP contribution in [-0.2, 0) is 10.5 Å². The van der Waals surface area contributed by atoms with E-state index in [9.17, 15) is 4.79 Å². The molecule has 0 radical (unpaired) electrons. The van der Waals surface area contributed by atoms with Crippen LogP contribution in [-0.4, -0.2) is 11.2 Å². The van der Waals surface area contributed by atoms with Crippen molar-refractivity contribution in [1.82, 2.24) is 0 Å².